The predicted octanol–water partition coefficient (Wildman–Crippen LogP) is 4.94. The van der Waals surface area contributed by atoms with Crippen LogP contribution in [0.2, 0.25) is 0 Å². The van der Waals surface area contributed by atoms with Crippen LogP contribution in [0.5, 0.6) is 11.5 Å². The van der Waals surface area contributed by atoms with Crippen LogP contribution in [-0.2, 0) is 11.2 Å². The number of para-hydroxylation sites is 1. The Morgan fingerprint density at radius 1 is 0.938 bits per heavy atom. The van der Waals surface area contributed by atoms with Crippen LogP contribution >= 0.6 is 0 Å². The topological polar surface area (TPSA) is 59.0 Å². The van der Waals surface area contributed by atoms with E-state index in [0.717, 1.165) is 16.7 Å². The number of rotatable bonds is 7. The van der Waals surface area contributed by atoms with Gasteiger partial charge in [-0.15, -0.1) is 0 Å². The van der Waals surface area contributed by atoms with Crippen molar-refractivity contribution in [2.45, 2.75) is 12.5 Å². The number of methoxy groups -OCH3 is 2. The Kier molecular flexibility index (Phi) is 6.12. The minimum absolute atomic E-state index is 0.289. The molecule has 0 spiro atoms. The number of aliphatic hydroxyl groups is 1. The summed E-state index contributed by atoms with van der Waals surface area (Å²) in [5, 5.41) is 10.8. The van der Waals surface area contributed by atoms with Gasteiger partial charge in [0.05, 0.1) is 20.3 Å². The van der Waals surface area contributed by atoms with Crippen LogP contribution in [0.3, 0.4) is 0 Å². The van der Waals surface area contributed by atoms with Gasteiger partial charge in [-0.2, -0.15) is 0 Å². The summed E-state index contributed by atoms with van der Waals surface area (Å²) in [6.07, 6.45) is 0.485. The van der Waals surface area contributed by atoms with E-state index >= 15 is 0 Å². The summed E-state index contributed by atoms with van der Waals surface area (Å²) in [6.45, 7) is 0.324. The molecule has 5 nitrogen and oxygen atoms in total. The van der Waals surface area contributed by atoms with Crippen molar-refractivity contribution < 1.29 is 23.8 Å². The van der Waals surface area contributed by atoms with Gasteiger partial charge in [-0.25, -0.2) is 4.39 Å². The molecular weight excluding hydrogens is 409 g/mol. The maximum atomic E-state index is 13.6. The normalized spacial score (nSPS) is 15.9. The minimum Gasteiger partial charge on any atom is -0.503 e. The average molecular weight is 433 g/mol. The molecule has 4 rings (SSSR count). The van der Waals surface area contributed by atoms with Crippen LogP contribution in [0, 0.1) is 5.82 Å². The van der Waals surface area contributed by atoms with Crippen molar-refractivity contribution in [2.24, 2.45) is 0 Å². The van der Waals surface area contributed by atoms with Gasteiger partial charge < -0.3 is 19.5 Å². The molecule has 0 fully saturated rings. The lowest BCUT2D eigenvalue weighted by Crippen LogP contribution is -2.32. The number of aliphatic hydroxyl groups excluding tert-OH is 1. The number of carbonyl (C=O) groups is 1. The SMILES string of the molecule is COc1cccc(CCN2C(=O)C(O)=C(c3ccccc3)C2c2ccc(F)cc2)c1OC. The molecule has 0 saturated carbocycles. The van der Waals surface area contributed by atoms with E-state index in [2.05, 4.69) is 0 Å². The molecule has 1 aliphatic heterocycles. The number of halogens is 1. The van der Waals surface area contributed by atoms with Crippen LogP contribution in [0.15, 0.2) is 78.6 Å². The van der Waals surface area contributed by atoms with Gasteiger partial charge in [0.2, 0.25) is 0 Å². The second-order valence-electron chi connectivity index (χ2n) is 7.48. The number of carbonyl (C=O) groups excluding carboxylic acids is 1. The molecule has 0 aliphatic carbocycles. The fourth-order valence-electron chi connectivity index (χ4n) is 4.18. The lowest BCUT2D eigenvalue weighted by molar-refractivity contribution is -0.129. The van der Waals surface area contributed by atoms with Gasteiger partial charge in [0.25, 0.3) is 5.91 Å². The highest BCUT2D eigenvalue weighted by Gasteiger charge is 2.40. The fraction of sp³-hybridized carbons (Fsp3) is 0.192. The van der Waals surface area contributed by atoms with Gasteiger partial charge >= 0.3 is 0 Å². The number of benzene rings is 3. The van der Waals surface area contributed by atoms with E-state index < -0.39 is 11.9 Å². The number of ether oxygens (including phenoxy) is 2. The largest absolute Gasteiger partial charge is 0.503 e. The quantitative estimate of drug-likeness (QED) is 0.574. The molecule has 1 unspecified atom stereocenters. The first-order chi connectivity index (χ1) is 15.5. The molecule has 164 valence electrons. The molecule has 6 heteroatoms. The molecule has 1 amide bonds. The number of hydrogen-bond donors (Lipinski definition) is 1. The zero-order valence-corrected chi connectivity index (χ0v) is 17.9. The van der Waals surface area contributed by atoms with E-state index in [9.17, 15) is 14.3 Å². The lowest BCUT2D eigenvalue weighted by Gasteiger charge is -2.28. The van der Waals surface area contributed by atoms with Gasteiger partial charge in [-0.1, -0.05) is 54.6 Å². The van der Waals surface area contributed by atoms with Crippen molar-refractivity contribution in [3.05, 3.63) is 101 Å². The summed E-state index contributed by atoms with van der Waals surface area (Å²) in [4.78, 5) is 14.7. The summed E-state index contributed by atoms with van der Waals surface area (Å²) < 4.78 is 24.5. The molecule has 3 aromatic carbocycles. The molecule has 0 bridgehead atoms. The minimum atomic E-state index is -0.540. The third kappa shape index (κ3) is 3.91. The summed E-state index contributed by atoms with van der Waals surface area (Å²) in [5.41, 5.74) is 2.86. The van der Waals surface area contributed by atoms with Crippen molar-refractivity contribution >= 4 is 11.5 Å². The Balaban J connectivity index is 1.71. The molecule has 1 aliphatic rings. The van der Waals surface area contributed by atoms with E-state index in [1.165, 1.54) is 12.1 Å². The van der Waals surface area contributed by atoms with E-state index in [1.807, 2.05) is 48.5 Å². The monoisotopic (exact) mass is 433 g/mol. The maximum absolute atomic E-state index is 13.6. The molecule has 1 N–H and O–H groups in total. The molecule has 0 saturated heterocycles. The Labute approximate surface area is 186 Å². The Bertz CT molecular complexity index is 1140. The Morgan fingerprint density at radius 2 is 1.66 bits per heavy atom. The van der Waals surface area contributed by atoms with E-state index in [-0.39, 0.29) is 11.6 Å². The van der Waals surface area contributed by atoms with E-state index in [1.54, 1.807) is 31.3 Å². The highest BCUT2D eigenvalue weighted by atomic mass is 19.1. The van der Waals surface area contributed by atoms with Crippen molar-refractivity contribution in [2.75, 3.05) is 20.8 Å². The second kappa shape index (κ2) is 9.14. The molecule has 1 atom stereocenters. The van der Waals surface area contributed by atoms with Gasteiger partial charge in [0.15, 0.2) is 17.3 Å². The summed E-state index contributed by atoms with van der Waals surface area (Å²) >= 11 is 0. The lowest BCUT2D eigenvalue weighted by atomic mass is 9.93. The molecule has 0 aromatic heterocycles. The van der Waals surface area contributed by atoms with Gasteiger partial charge in [-0.3, -0.25) is 4.79 Å². The number of nitrogens with zero attached hydrogens (tertiary/aromatic N) is 1. The zero-order chi connectivity index (χ0) is 22.7. The average Bonchev–Trinajstić information content (AvgIpc) is 3.08. The van der Waals surface area contributed by atoms with Crippen LogP contribution in [0.1, 0.15) is 22.7 Å². The summed E-state index contributed by atoms with van der Waals surface area (Å²) in [7, 11) is 3.15. The Morgan fingerprint density at radius 3 is 2.31 bits per heavy atom. The van der Waals surface area contributed by atoms with Crippen molar-refractivity contribution in [1.82, 2.24) is 4.90 Å². The van der Waals surface area contributed by atoms with Crippen LogP contribution in [-0.4, -0.2) is 36.7 Å². The van der Waals surface area contributed by atoms with Gasteiger partial charge in [0, 0.05) is 12.1 Å². The van der Waals surface area contributed by atoms with Gasteiger partial charge in [0.1, 0.15) is 5.82 Å². The van der Waals surface area contributed by atoms with Crippen molar-refractivity contribution in [3.8, 4) is 11.5 Å². The third-order valence-electron chi connectivity index (χ3n) is 5.68. The maximum Gasteiger partial charge on any atom is 0.289 e. The van der Waals surface area contributed by atoms with Crippen molar-refractivity contribution in [3.63, 3.8) is 0 Å². The van der Waals surface area contributed by atoms with Crippen LogP contribution in [0.4, 0.5) is 4.39 Å². The number of hydrogen-bond acceptors (Lipinski definition) is 4. The smallest absolute Gasteiger partial charge is 0.289 e. The zero-order valence-electron chi connectivity index (χ0n) is 17.9. The van der Waals surface area contributed by atoms with E-state index in [4.69, 9.17) is 9.47 Å². The predicted molar refractivity (Wildman–Crippen MR) is 120 cm³/mol. The first-order valence-corrected chi connectivity index (χ1v) is 10.3. The van der Waals surface area contributed by atoms with Gasteiger partial charge in [-0.05, 0) is 41.3 Å². The molecular formula is C26H24FNO4. The molecule has 3 aromatic rings. The fourth-order valence-corrected chi connectivity index (χ4v) is 4.18. The molecule has 1 heterocycles. The summed E-state index contributed by atoms with van der Waals surface area (Å²) in [6, 6.07) is 20.4. The Hall–Kier alpha value is -3.80. The highest BCUT2D eigenvalue weighted by molar-refractivity contribution is 6.05. The first-order valence-electron chi connectivity index (χ1n) is 10.3. The first kappa shape index (κ1) is 21.4. The summed E-state index contributed by atoms with van der Waals surface area (Å²) in [5.74, 6) is 0.114. The van der Waals surface area contributed by atoms with Crippen LogP contribution < -0.4 is 9.47 Å². The van der Waals surface area contributed by atoms with Crippen molar-refractivity contribution in [1.29, 1.82) is 0 Å². The second-order valence-corrected chi connectivity index (χ2v) is 7.48. The standard InChI is InChI=1S/C26H24FNO4/c1-31-21-10-6-9-19(25(21)32-2)15-16-28-23(18-11-13-20(27)14-12-18)22(24(29)26(28)30)17-7-4-3-5-8-17/h3-14,23,29H,15-16H2,1-2H3. The van der Waals surface area contributed by atoms with E-state index in [0.29, 0.717) is 30.0 Å². The molecule has 32 heavy (non-hydrogen) atoms. The molecule has 0 radical (unpaired) electrons. The number of amides is 1. The van der Waals surface area contributed by atoms with Crippen LogP contribution in [0.25, 0.3) is 5.57 Å². The highest BCUT2D eigenvalue weighted by Crippen LogP contribution is 2.43. The third-order valence-corrected chi connectivity index (χ3v) is 5.68.